The first-order chi connectivity index (χ1) is 44.6. The Bertz CT molecular complexity index is 3110. The normalized spacial score (nSPS) is 25.3. The van der Waals surface area contributed by atoms with E-state index >= 15 is 0 Å². The molecule has 6 aromatic carbocycles. The molecule has 0 bridgehead atoms. The number of rotatable bonds is 19. The Balaban J connectivity index is 0.000000252. The molecular formula is C69H81F6NaO18. The number of carbonyl (C=O) groups excluding carboxylic acids is 2. The first-order valence-corrected chi connectivity index (χ1v) is 30.1. The maximum Gasteiger partial charge on any atom is 1.00 e. The van der Waals surface area contributed by atoms with E-state index in [2.05, 4.69) is 4.74 Å². The number of hydrogen-bond acceptors (Lipinski definition) is 18. The van der Waals surface area contributed by atoms with Crippen molar-refractivity contribution in [2.75, 3.05) is 61.5 Å². The van der Waals surface area contributed by atoms with Gasteiger partial charge in [-0.2, -0.15) is 7.11 Å². The van der Waals surface area contributed by atoms with Crippen LogP contribution in [0, 0.1) is 29.3 Å². The van der Waals surface area contributed by atoms with Gasteiger partial charge in [-0.05, 0) is 149 Å². The van der Waals surface area contributed by atoms with Gasteiger partial charge in [0, 0.05) is 19.3 Å². The van der Waals surface area contributed by atoms with Crippen molar-refractivity contribution in [1.82, 2.24) is 0 Å². The van der Waals surface area contributed by atoms with Gasteiger partial charge in [-0.1, -0.05) is 68.4 Å². The number of alkyl halides is 3. The number of methoxy groups -OCH3 is 3. The summed E-state index contributed by atoms with van der Waals surface area (Å²) in [6, 6.07) is 34.9. The fraction of sp³-hybridized carbons (Fsp3) is 0.449. The van der Waals surface area contributed by atoms with Crippen molar-refractivity contribution in [3.8, 4) is 17.2 Å². The Morgan fingerprint density at radius 3 is 1.09 bits per heavy atom. The van der Waals surface area contributed by atoms with E-state index in [9.17, 15) is 61.5 Å². The molecule has 0 radical (unpaired) electrons. The molecule has 3 aliphatic rings. The minimum absolute atomic E-state index is 0. The largest absolute Gasteiger partial charge is 1.00 e. The van der Waals surface area contributed by atoms with E-state index in [0.29, 0.717) is 52.2 Å². The van der Waals surface area contributed by atoms with Crippen LogP contribution in [0.5, 0.6) is 17.2 Å². The van der Waals surface area contributed by atoms with Crippen LogP contribution in [0.15, 0.2) is 127 Å². The molecule has 9 rings (SSSR count). The minimum atomic E-state index is -1.99. The number of benzene rings is 6. The Kier molecular flexibility index (Phi) is 31.8. The maximum atomic E-state index is 14.9. The molecule has 25 heteroatoms. The summed E-state index contributed by atoms with van der Waals surface area (Å²) in [5.74, 6) is 0.417. The average molecular weight is 1340 g/mol. The molecule has 5 N–H and O–H groups in total. The van der Waals surface area contributed by atoms with Gasteiger partial charge in [0.25, 0.3) is 0 Å². The van der Waals surface area contributed by atoms with Crippen LogP contribution in [-0.2, 0) is 52.4 Å². The third-order valence-electron chi connectivity index (χ3n) is 16.1. The number of aliphatic hydroxyl groups is 5. The quantitative estimate of drug-likeness (QED) is 0.0324. The predicted molar refractivity (Wildman–Crippen MR) is 325 cm³/mol. The van der Waals surface area contributed by atoms with Crippen molar-refractivity contribution in [1.29, 1.82) is 0 Å². The molecule has 0 aliphatic carbocycles. The van der Waals surface area contributed by atoms with Gasteiger partial charge in [-0.3, -0.25) is 0 Å². The van der Waals surface area contributed by atoms with Crippen molar-refractivity contribution in [2.24, 2.45) is 11.8 Å². The number of hydrogen-bond donors (Lipinski definition) is 5. The van der Waals surface area contributed by atoms with Gasteiger partial charge < -0.3 is 78.0 Å². The summed E-state index contributed by atoms with van der Waals surface area (Å²) in [6.45, 7) is 5.83. The van der Waals surface area contributed by atoms with Gasteiger partial charge in [0.1, 0.15) is 109 Å². The smallest absolute Gasteiger partial charge is 0.857 e. The molecule has 508 valence electrons. The minimum Gasteiger partial charge on any atom is -0.857 e. The maximum absolute atomic E-state index is 14.9. The molecular weight excluding hydrogens is 1250 g/mol. The van der Waals surface area contributed by atoms with E-state index in [1.165, 1.54) is 42.5 Å². The van der Waals surface area contributed by atoms with Gasteiger partial charge in [0.05, 0.1) is 47.3 Å². The van der Waals surface area contributed by atoms with Crippen molar-refractivity contribution < 1.29 is 143 Å². The third kappa shape index (κ3) is 21.0. The van der Waals surface area contributed by atoms with Crippen LogP contribution >= 0.6 is 0 Å². The Morgan fingerprint density at radius 2 is 0.755 bits per heavy atom. The van der Waals surface area contributed by atoms with E-state index in [1.54, 1.807) is 83.7 Å². The summed E-state index contributed by atoms with van der Waals surface area (Å²) in [7, 11) is 5.45. The van der Waals surface area contributed by atoms with Crippen LogP contribution in [0.4, 0.5) is 35.9 Å². The molecule has 0 saturated carbocycles. The fourth-order valence-corrected chi connectivity index (χ4v) is 10.7. The molecule has 3 heterocycles. The summed E-state index contributed by atoms with van der Waals surface area (Å²) >= 11 is 0. The molecule has 15 unspecified atom stereocenters. The summed E-state index contributed by atoms with van der Waals surface area (Å²) in [4.78, 5) is 22.9. The Labute approximate surface area is 564 Å². The average Bonchev–Trinajstić information content (AvgIpc) is 0.812. The Hall–Kier alpha value is -6.52. The molecule has 15 atom stereocenters. The first kappa shape index (κ1) is 78.2. The number of halogens is 6. The molecule has 0 spiro atoms. The number of carbonyl (C=O) groups is 2. The summed E-state index contributed by atoms with van der Waals surface area (Å²) in [5.41, 5.74) is 5.37. The van der Waals surface area contributed by atoms with E-state index in [0.717, 1.165) is 35.1 Å². The van der Waals surface area contributed by atoms with Gasteiger partial charge in [-0.25, -0.2) is 35.9 Å². The zero-order valence-corrected chi connectivity index (χ0v) is 55.8. The van der Waals surface area contributed by atoms with E-state index in [-0.39, 0.29) is 73.5 Å². The zero-order chi connectivity index (χ0) is 68.1. The zero-order valence-electron chi connectivity index (χ0n) is 53.8. The van der Waals surface area contributed by atoms with Gasteiger partial charge in [0.15, 0.2) is 12.3 Å². The molecule has 0 amide bonds. The number of ether oxygens (including phenoxy) is 10. The van der Waals surface area contributed by atoms with Crippen molar-refractivity contribution in [3.05, 3.63) is 195 Å². The van der Waals surface area contributed by atoms with Crippen LogP contribution in [0.3, 0.4) is 0 Å². The standard InChI is InChI=1S/C25H30F2O5.C23H26F2O7.C20H22F2O5.CH3O.Na/c1-5-30-25(28)31-14-22-23(27)15(2)16(3)24(32-22)18-8-11-21(26)19(13-18)12-17-6-9-20(29-4)10-7-17;1-3-30-23(28)31-12-18-19(25)20(26)21(27)22(32-18)14-6-9-17(24)15(11-14)10-13-4-7-16(29-2)8-5-13;1-26-14-5-2-11(3-6-14)8-13-9-12(4-7-15(13)21)20-19(25)18(24)17(22)16(10-23)27-20;1-2;/h6-11,13,15-16,22-24H,5,12,14H2,1-4H3;4-9,11,18-22,26-27H,3,10,12H2,1-2H3;2-7,9,16-20,23-25H,8,10H2,1H3;1H3;/q;;;-1;+1. The van der Waals surface area contributed by atoms with Crippen LogP contribution in [-0.4, -0.2) is 161 Å². The Morgan fingerprint density at radius 1 is 0.447 bits per heavy atom. The molecule has 3 aliphatic heterocycles. The molecule has 6 aromatic rings. The SMILES string of the molecule is CCOC(=O)OCC1OC(c2ccc(F)c(Cc3ccc(OC)cc3)c2)C(C)C(C)C1F.CCOC(=O)OCC1OC(c2ccc(F)c(Cc3ccc(OC)cc3)c2)C(O)C(O)C1F.COc1ccc(Cc2cc(C3OC(CO)C(F)C(O)C3O)ccc2F)cc1.C[O-].[Na+]. The predicted octanol–water partition coefficient (Wildman–Crippen LogP) is 6.64. The van der Waals surface area contributed by atoms with Gasteiger partial charge >= 0.3 is 41.9 Å². The topological polar surface area (TPSA) is 251 Å². The van der Waals surface area contributed by atoms with Gasteiger partial charge in [-0.15, -0.1) is 0 Å². The fourth-order valence-electron chi connectivity index (χ4n) is 10.7. The van der Waals surface area contributed by atoms with Crippen molar-refractivity contribution in [3.63, 3.8) is 0 Å². The second kappa shape index (κ2) is 38.3. The molecule has 94 heavy (non-hydrogen) atoms. The van der Waals surface area contributed by atoms with E-state index in [1.807, 2.05) is 50.2 Å². The van der Waals surface area contributed by atoms with E-state index in [4.69, 9.17) is 47.7 Å². The van der Waals surface area contributed by atoms with Crippen LogP contribution in [0.2, 0.25) is 0 Å². The summed E-state index contributed by atoms with van der Waals surface area (Å²) < 4.78 is 138. The monoisotopic (exact) mass is 1330 g/mol. The van der Waals surface area contributed by atoms with Crippen LogP contribution in [0.1, 0.15) is 96.1 Å². The van der Waals surface area contributed by atoms with E-state index < -0.39 is 117 Å². The van der Waals surface area contributed by atoms with Crippen LogP contribution in [0.25, 0.3) is 0 Å². The second-order valence-corrected chi connectivity index (χ2v) is 22.1. The third-order valence-corrected chi connectivity index (χ3v) is 16.1. The van der Waals surface area contributed by atoms with Crippen molar-refractivity contribution in [2.45, 2.75) is 127 Å². The second-order valence-electron chi connectivity index (χ2n) is 22.1. The molecule has 3 fully saturated rings. The summed E-state index contributed by atoms with van der Waals surface area (Å²) in [5, 5.41) is 58.1. The molecule has 18 nitrogen and oxygen atoms in total. The summed E-state index contributed by atoms with van der Waals surface area (Å²) in [6.07, 6.45) is -18.9. The first-order valence-electron chi connectivity index (χ1n) is 30.1. The van der Waals surface area contributed by atoms with Crippen LogP contribution < -0.4 is 48.9 Å². The van der Waals surface area contributed by atoms with Gasteiger partial charge in [0.2, 0.25) is 0 Å². The molecule has 0 aromatic heterocycles. The molecule has 3 saturated heterocycles. The van der Waals surface area contributed by atoms with Crippen molar-refractivity contribution >= 4 is 12.3 Å². The number of aliphatic hydroxyl groups excluding tert-OH is 5.